The fourth-order valence-electron chi connectivity index (χ4n) is 2.85. The molecule has 0 saturated heterocycles. The van der Waals surface area contributed by atoms with Gasteiger partial charge in [0.2, 0.25) is 0 Å². The van der Waals surface area contributed by atoms with Gasteiger partial charge in [0.25, 0.3) is 11.2 Å². The van der Waals surface area contributed by atoms with Crippen molar-refractivity contribution < 1.29 is 9.34 Å². The van der Waals surface area contributed by atoms with E-state index in [0.717, 1.165) is 0 Å². The van der Waals surface area contributed by atoms with Gasteiger partial charge in [0, 0.05) is 25.2 Å². The van der Waals surface area contributed by atoms with Crippen LogP contribution in [0.25, 0.3) is 22.0 Å². The standard InChI is InChI=1S/C17H12N4O5/c22-16-12-6-5-11(21(24)25)9-13(12)18-10-19(16)7-8-20-14-3-1-2-4-15(14)26-17(20)23/h1-6,9-10H,7-8H2. The van der Waals surface area contributed by atoms with E-state index in [0.29, 0.717) is 11.1 Å². The number of nitro benzene ring substituents is 1. The average Bonchev–Trinajstić information content (AvgIpc) is 2.96. The number of hydrogen-bond acceptors (Lipinski definition) is 6. The maximum Gasteiger partial charge on any atom is 0.420 e. The first-order valence-electron chi connectivity index (χ1n) is 7.76. The molecule has 0 unspecified atom stereocenters. The highest BCUT2D eigenvalue weighted by Gasteiger charge is 2.12. The van der Waals surface area contributed by atoms with Gasteiger partial charge in [0.1, 0.15) is 0 Å². The van der Waals surface area contributed by atoms with Gasteiger partial charge in [-0.05, 0) is 18.2 Å². The summed E-state index contributed by atoms with van der Waals surface area (Å²) in [6.07, 6.45) is 1.32. The van der Waals surface area contributed by atoms with Gasteiger partial charge in [-0.3, -0.25) is 24.0 Å². The molecule has 0 amide bonds. The van der Waals surface area contributed by atoms with Crippen LogP contribution in [-0.2, 0) is 13.1 Å². The number of aromatic nitrogens is 3. The Morgan fingerprint density at radius 1 is 1.12 bits per heavy atom. The Balaban J connectivity index is 1.69. The van der Waals surface area contributed by atoms with E-state index in [4.69, 9.17) is 4.42 Å². The Labute approximate surface area is 144 Å². The molecule has 2 aromatic carbocycles. The second-order valence-corrected chi connectivity index (χ2v) is 5.69. The van der Waals surface area contributed by atoms with Crippen LogP contribution in [0.15, 0.2) is 62.8 Å². The van der Waals surface area contributed by atoms with Gasteiger partial charge in [-0.25, -0.2) is 9.78 Å². The van der Waals surface area contributed by atoms with E-state index in [1.807, 2.05) is 0 Å². The van der Waals surface area contributed by atoms with Crippen LogP contribution in [0.4, 0.5) is 5.69 Å². The van der Waals surface area contributed by atoms with Crippen molar-refractivity contribution in [1.82, 2.24) is 14.1 Å². The first-order valence-corrected chi connectivity index (χ1v) is 7.76. The molecule has 0 saturated carbocycles. The summed E-state index contributed by atoms with van der Waals surface area (Å²) in [5.41, 5.74) is 0.930. The maximum absolute atomic E-state index is 12.6. The lowest BCUT2D eigenvalue weighted by Gasteiger charge is -2.07. The molecule has 0 aliphatic carbocycles. The molecular formula is C17H12N4O5. The summed E-state index contributed by atoms with van der Waals surface area (Å²) in [7, 11) is 0. The molecule has 0 aliphatic rings. The normalized spacial score (nSPS) is 11.2. The number of rotatable bonds is 4. The molecule has 4 rings (SSSR count). The number of nitro groups is 1. The fraction of sp³-hybridized carbons (Fsp3) is 0.118. The van der Waals surface area contributed by atoms with Gasteiger partial charge in [-0.15, -0.1) is 0 Å². The fourth-order valence-corrected chi connectivity index (χ4v) is 2.85. The summed E-state index contributed by atoms with van der Waals surface area (Å²) in [6.45, 7) is 0.443. The molecule has 0 spiro atoms. The highest BCUT2D eigenvalue weighted by molar-refractivity contribution is 5.79. The minimum atomic E-state index is -0.539. The molecule has 0 bridgehead atoms. The first-order chi connectivity index (χ1) is 12.5. The number of non-ortho nitro benzene ring substituents is 1. The second-order valence-electron chi connectivity index (χ2n) is 5.69. The summed E-state index contributed by atoms with van der Waals surface area (Å²) >= 11 is 0. The number of nitrogens with zero attached hydrogens (tertiary/aromatic N) is 4. The van der Waals surface area contributed by atoms with Gasteiger partial charge < -0.3 is 4.42 Å². The Bertz CT molecular complexity index is 1270. The lowest BCUT2D eigenvalue weighted by Crippen LogP contribution is -2.25. The second kappa shape index (κ2) is 5.96. The highest BCUT2D eigenvalue weighted by atomic mass is 16.6. The van der Waals surface area contributed by atoms with Crippen molar-refractivity contribution in [3.05, 3.63) is 79.8 Å². The molecule has 0 aliphatic heterocycles. The molecule has 0 N–H and O–H groups in total. The number of aryl methyl sites for hydroxylation is 2. The van der Waals surface area contributed by atoms with Crippen molar-refractivity contribution in [3.8, 4) is 0 Å². The zero-order chi connectivity index (χ0) is 18.3. The zero-order valence-electron chi connectivity index (χ0n) is 13.4. The third-order valence-corrected chi connectivity index (χ3v) is 4.16. The Kier molecular flexibility index (Phi) is 3.61. The molecule has 0 atom stereocenters. The van der Waals surface area contributed by atoms with E-state index in [2.05, 4.69) is 4.98 Å². The molecule has 26 heavy (non-hydrogen) atoms. The minimum Gasteiger partial charge on any atom is -0.408 e. The zero-order valence-corrected chi connectivity index (χ0v) is 13.4. The smallest absolute Gasteiger partial charge is 0.408 e. The van der Waals surface area contributed by atoms with E-state index in [-0.39, 0.29) is 35.2 Å². The Morgan fingerprint density at radius 2 is 1.92 bits per heavy atom. The quantitative estimate of drug-likeness (QED) is 0.409. The minimum absolute atomic E-state index is 0.126. The molecule has 2 heterocycles. The predicted molar refractivity (Wildman–Crippen MR) is 93.1 cm³/mol. The maximum atomic E-state index is 12.6. The van der Waals surface area contributed by atoms with Crippen LogP contribution >= 0.6 is 0 Å². The summed E-state index contributed by atoms with van der Waals surface area (Å²) in [6, 6.07) is 10.9. The largest absolute Gasteiger partial charge is 0.420 e. The van der Waals surface area contributed by atoms with Gasteiger partial charge >= 0.3 is 5.76 Å². The molecule has 4 aromatic rings. The van der Waals surface area contributed by atoms with E-state index in [1.54, 1.807) is 24.3 Å². The molecule has 9 heteroatoms. The third-order valence-electron chi connectivity index (χ3n) is 4.16. The average molecular weight is 352 g/mol. The van der Waals surface area contributed by atoms with Crippen molar-refractivity contribution in [3.63, 3.8) is 0 Å². The molecule has 2 aromatic heterocycles. The summed E-state index contributed by atoms with van der Waals surface area (Å²) < 4.78 is 7.97. The molecule has 130 valence electrons. The van der Waals surface area contributed by atoms with Crippen LogP contribution < -0.4 is 11.3 Å². The van der Waals surface area contributed by atoms with E-state index < -0.39 is 10.7 Å². The monoisotopic (exact) mass is 352 g/mol. The molecule has 9 nitrogen and oxygen atoms in total. The number of hydrogen-bond donors (Lipinski definition) is 0. The van der Waals surface area contributed by atoms with Gasteiger partial charge in [-0.1, -0.05) is 12.1 Å². The van der Waals surface area contributed by atoms with Gasteiger partial charge in [-0.2, -0.15) is 0 Å². The highest BCUT2D eigenvalue weighted by Crippen LogP contribution is 2.16. The Morgan fingerprint density at radius 3 is 2.73 bits per heavy atom. The van der Waals surface area contributed by atoms with Gasteiger partial charge in [0.15, 0.2) is 5.58 Å². The van der Waals surface area contributed by atoms with Crippen molar-refractivity contribution in [2.75, 3.05) is 0 Å². The van der Waals surface area contributed by atoms with Crippen LogP contribution in [-0.4, -0.2) is 19.0 Å². The van der Waals surface area contributed by atoms with Gasteiger partial charge in [0.05, 0.1) is 27.7 Å². The topological polar surface area (TPSA) is 113 Å². The number of para-hydroxylation sites is 2. The van der Waals surface area contributed by atoms with Crippen LogP contribution in [0, 0.1) is 10.1 Å². The van der Waals surface area contributed by atoms with Crippen LogP contribution in [0.5, 0.6) is 0 Å². The third kappa shape index (κ3) is 2.55. The lowest BCUT2D eigenvalue weighted by atomic mass is 10.2. The number of fused-ring (bicyclic) bond motifs is 2. The summed E-state index contributed by atoms with van der Waals surface area (Å²) in [5.74, 6) is -0.497. The first kappa shape index (κ1) is 15.8. The summed E-state index contributed by atoms with van der Waals surface area (Å²) in [5, 5.41) is 11.1. The molecular weight excluding hydrogens is 340 g/mol. The lowest BCUT2D eigenvalue weighted by molar-refractivity contribution is -0.384. The van der Waals surface area contributed by atoms with E-state index in [9.17, 15) is 19.7 Å². The number of benzene rings is 2. The SMILES string of the molecule is O=c1c2ccc([N+](=O)[O-])cc2ncn1CCn1c(=O)oc2ccccc21. The number of oxazole rings is 1. The molecule has 0 fully saturated rings. The van der Waals surface area contributed by atoms with Crippen molar-refractivity contribution in [1.29, 1.82) is 0 Å². The Hall–Kier alpha value is -3.75. The van der Waals surface area contributed by atoms with Crippen LogP contribution in [0.1, 0.15) is 0 Å². The van der Waals surface area contributed by atoms with Crippen LogP contribution in [0.3, 0.4) is 0 Å². The van der Waals surface area contributed by atoms with E-state index >= 15 is 0 Å². The van der Waals surface area contributed by atoms with Crippen molar-refractivity contribution in [2.24, 2.45) is 0 Å². The van der Waals surface area contributed by atoms with Crippen LogP contribution in [0.2, 0.25) is 0 Å². The predicted octanol–water partition coefficient (Wildman–Crippen LogP) is 1.91. The summed E-state index contributed by atoms with van der Waals surface area (Å²) in [4.78, 5) is 38.9. The van der Waals surface area contributed by atoms with Crippen molar-refractivity contribution >= 4 is 27.7 Å². The molecule has 0 radical (unpaired) electrons. The van der Waals surface area contributed by atoms with Crippen molar-refractivity contribution in [2.45, 2.75) is 13.1 Å². The van der Waals surface area contributed by atoms with E-state index in [1.165, 1.54) is 33.7 Å².